The van der Waals surface area contributed by atoms with Crippen molar-refractivity contribution in [1.82, 2.24) is 0 Å². The van der Waals surface area contributed by atoms with E-state index < -0.39 is 5.41 Å². The molecular weight excluding hydrogens is 346 g/mol. The Balaban J connectivity index is 1.83. The maximum absolute atomic E-state index is 13.4. The van der Waals surface area contributed by atoms with Crippen molar-refractivity contribution < 1.29 is 9.53 Å². The second-order valence-electron chi connectivity index (χ2n) is 8.75. The zero-order valence-corrected chi connectivity index (χ0v) is 17.9. The molecular formula is C25H33NO2. The third kappa shape index (κ3) is 4.24. The summed E-state index contributed by atoms with van der Waals surface area (Å²) in [4.78, 5) is 13.4. The SMILES string of the molecule is Cc1ccc(C2(C(=O)Nc3cc(C)c(OCC(C)C)c(C)c3)CCCC2)cc1. The largest absolute Gasteiger partial charge is 0.493 e. The molecule has 0 atom stereocenters. The van der Waals surface area contributed by atoms with Crippen LogP contribution in [0.15, 0.2) is 36.4 Å². The molecule has 150 valence electrons. The molecule has 3 nitrogen and oxygen atoms in total. The summed E-state index contributed by atoms with van der Waals surface area (Å²) in [6.07, 6.45) is 4.02. The van der Waals surface area contributed by atoms with E-state index in [-0.39, 0.29) is 5.91 Å². The van der Waals surface area contributed by atoms with E-state index in [1.807, 2.05) is 26.0 Å². The molecule has 2 aromatic carbocycles. The van der Waals surface area contributed by atoms with E-state index in [2.05, 4.69) is 50.4 Å². The monoisotopic (exact) mass is 379 g/mol. The molecule has 1 amide bonds. The molecule has 1 saturated carbocycles. The number of hydrogen-bond donors (Lipinski definition) is 1. The number of rotatable bonds is 6. The topological polar surface area (TPSA) is 38.3 Å². The minimum absolute atomic E-state index is 0.114. The summed E-state index contributed by atoms with van der Waals surface area (Å²) in [5.41, 5.74) is 4.93. The lowest BCUT2D eigenvalue weighted by atomic mass is 9.77. The van der Waals surface area contributed by atoms with Gasteiger partial charge in [0.25, 0.3) is 0 Å². The number of carbonyl (C=O) groups excluding carboxylic acids is 1. The van der Waals surface area contributed by atoms with Crippen LogP contribution in [0.1, 0.15) is 61.8 Å². The van der Waals surface area contributed by atoms with E-state index in [0.717, 1.165) is 53.8 Å². The highest BCUT2D eigenvalue weighted by Crippen LogP contribution is 2.42. The van der Waals surface area contributed by atoms with Crippen molar-refractivity contribution in [2.45, 2.75) is 65.7 Å². The smallest absolute Gasteiger partial charge is 0.235 e. The Labute approximate surface area is 169 Å². The molecule has 0 aliphatic heterocycles. The number of anilines is 1. The van der Waals surface area contributed by atoms with E-state index in [4.69, 9.17) is 4.74 Å². The highest BCUT2D eigenvalue weighted by Gasteiger charge is 2.42. The summed E-state index contributed by atoms with van der Waals surface area (Å²) in [6, 6.07) is 12.5. The van der Waals surface area contributed by atoms with Crippen LogP contribution in [0.25, 0.3) is 0 Å². The molecule has 1 fully saturated rings. The van der Waals surface area contributed by atoms with Crippen molar-refractivity contribution in [3.63, 3.8) is 0 Å². The van der Waals surface area contributed by atoms with Gasteiger partial charge in [0, 0.05) is 5.69 Å². The fraction of sp³-hybridized carbons (Fsp3) is 0.480. The van der Waals surface area contributed by atoms with E-state index in [0.29, 0.717) is 12.5 Å². The van der Waals surface area contributed by atoms with Gasteiger partial charge in [-0.05, 0) is 68.4 Å². The summed E-state index contributed by atoms with van der Waals surface area (Å²) in [7, 11) is 0. The summed E-state index contributed by atoms with van der Waals surface area (Å²) < 4.78 is 5.98. The summed E-state index contributed by atoms with van der Waals surface area (Å²) in [5, 5.41) is 3.22. The van der Waals surface area contributed by atoms with Gasteiger partial charge < -0.3 is 10.1 Å². The zero-order valence-electron chi connectivity index (χ0n) is 17.9. The van der Waals surface area contributed by atoms with Crippen LogP contribution in [0.4, 0.5) is 5.69 Å². The van der Waals surface area contributed by atoms with Crippen molar-refractivity contribution in [3.8, 4) is 5.75 Å². The van der Waals surface area contributed by atoms with Crippen LogP contribution in [0, 0.1) is 26.7 Å². The first kappa shape index (κ1) is 20.4. The Kier molecular flexibility index (Phi) is 6.12. The van der Waals surface area contributed by atoms with Crippen LogP contribution < -0.4 is 10.1 Å². The molecule has 0 aromatic heterocycles. The maximum Gasteiger partial charge on any atom is 0.235 e. The molecule has 0 spiro atoms. The molecule has 1 aliphatic rings. The maximum atomic E-state index is 13.4. The number of hydrogen-bond acceptors (Lipinski definition) is 2. The van der Waals surface area contributed by atoms with Crippen LogP contribution in [-0.4, -0.2) is 12.5 Å². The van der Waals surface area contributed by atoms with Crippen molar-refractivity contribution >= 4 is 11.6 Å². The predicted octanol–water partition coefficient (Wildman–Crippen LogP) is 6.10. The zero-order chi connectivity index (χ0) is 20.3. The Hall–Kier alpha value is -2.29. The molecule has 0 bridgehead atoms. The van der Waals surface area contributed by atoms with Gasteiger partial charge >= 0.3 is 0 Å². The number of amides is 1. The van der Waals surface area contributed by atoms with Gasteiger partial charge in [-0.2, -0.15) is 0 Å². The van der Waals surface area contributed by atoms with E-state index in [9.17, 15) is 4.79 Å². The molecule has 0 unspecified atom stereocenters. The van der Waals surface area contributed by atoms with E-state index in [1.54, 1.807) is 0 Å². The fourth-order valence-corrected chi connectivity index (χ4v) is 4.25. The minimum Gasteiger partial charge on any atom is -0.493 e. The number of aryl methyl sites for hydroxylation is 3. The molecule has 1 aliphatic carbocycles. The van der Waals surface area contributed by atoms with Crippen molar-refractivity contribution in [1.29, 1.82) is 0 Å². The Morgan fingerprint density at radius 1 is 1.04 bits per heavy atom. The Bertz CT molecular complexity index is 807. The minimum atomic E-state index is -0.414. The van der Waals surface area contributed by atoms with Gasteiger partial charge in [-0.15, -0.1) is 0 Å². The third-order valence-electron chi connectivity index (χ3n) is 5.78. The molecule has 28 heavy (non-hydrogen) atoms. The molecule has 0 heterocycles. The lowest BCUT2D eigenvalue weighted by Crippen LogP contribution is -2.38. The number of nitrogens with one attached hydrogen (secondary N) is 1. The highest BCUT2D eigenvalue weighted by atomic mass is 16.5. The van der Waals surface area contributed by atoms with Crippen molar-refractivity contribution in [3.05, 3.63) is 58.7 Å². The lowest BCUT2D eigenvalue weighted by molar-refractivity contribution is -0.121. The molecule has 3 rings (SSSR count). The van der Waals surface area contributed by atoms with E-state index in [1.165, 1.54) is 5.56 Å². The average Bonchev–Trinajstić information content (AvgIpc) is 3.12. The first-order chi connectivity index (χ1) is 13.3. The van der Waals surface area contributed by atoms with Gasteiger partial charge in [0.05, 0.1) is 12.0 Å². The molecule has 3 heteroatoms. The molecule has 2 aromatic rings. The highest BCUT2D eigenvalue weighted by molar-refractivity contribution is 5.99. The predicted molar refractivity (Wildman–Crippen MR) is 116 cm³/mol. The van der Waals surface area contributed by atoms with Gasteiger partial charge in [-0.1, -0.05) is 56.5 Å². The van der Waals surface area contributed by atoms with Crippen molar-refractivity contribution in [2.75, 3.05) is 11.9 Å². The molecule has 0 saturated heterocycles. The summed E-state index contributed by atoms with van der Waals surface area (Å²) in [5.74, 6) is 1.53. The van der Waals surface area contributed by atoms with Crippen LogP contribution in [-0.2, 0) is 10.2 Å². The van der Waals surface area contributed by atoms with Crippen LogP contribution >= 0.6 is 0 Å². The number of ether oxygens (including phenoxy) is 1. The fourth-order valence-electron chi connectivity index (χ4n) is 4.25. The van der Waals surface area contributed by atoms with E-state index >= 15 is 0 Å². The lowest BCUT2D eigenvalue weighted by Gasteiger charge is -2.29. The molecule has 1 N–H and O–H groups in total. The van der Waals surface area contributed by atoms with Crippen molar-refractivity contribution in [2.24, 2.45) is 5.92 Å². The number of carbonyl (C=O) groups is 1. The van der Waals surface area contributed by atoms with Crippen LogP contribution in [0.3, 0.4) is 0 Å². The third-order valence-corrected chi connectivity index (χ3v) is 5.78. The molecule has 0 radical (unpaired) electrons. The van der Waals surface area contributed by atoms with Crippen LogP contribution in [0.2, 0.25) is 0 Å². The quantitative estimate of drug-likeness (QED) is 0.659. The first-order valence-corrected chi connectivity index (χ1v) is 10.4. The Morgan fingerprint density at radius 2 is 1.61 bits per heavy atom. The summed E-state index contributed by atoms with van der Waals surface area (Å²) in [6.45, 7) is 11.2. The standard InChI is InChI=1S/C25H33NO2/c1-17(2)16-28-23-19(4)14-22(15-20(23)5)26-24(27)25(12-6-7-13-25)21-10-8-18(3)9-11-21/h8-11,14-15,17H,6-7,12-13,16H2,1-5H3,(H,26,27). The summed E-state index contributed by atoms with van der Waals surface area (Å²) >= 11 is 0. The normalized spacial score (nSPS) is 15.6. The van der Waals surface area contributed by atoms with Gasteiger partial charge in [0.15, 0.2) is 0 Å². The van der Waals surface area contributed by atoms with Gasteiger partial charge in [0.1, 0.15) is 5.75 Å². The number of benzene rings is 2. The second kappa shape index (κ2) is 8.38. The first-order valence-electron chi connectivity index (χ1n) is 10.4. The second-order valence-corrected chi connectivity index (χ2v) is 8.75. The van der Waals surface area contributed by atoms with Gasteiger partial charge in [0.2, 0.25) is 5.91 Å². The van der Waals surface area contributed by atoms with Gasteiger partial charge in [-0.3, -0.25) is 4.79 Å². The van der Waals surface area contributed by atoms with Gasteiger partial charge in [-0.25, -0.2) is 0 Å². The Morgan fingerprint density at radius 3 is 2.14 bits per heavy atom. The average molecular weight is 380 g/mol. The van der Waals surface area contributed by atoms with Crippen LogP contribution in [0.5, 0.6) is 5.75 Å².